The molecule has 1 fully saturated rings. The maximum atomic E-state index is 12.7. The van der Waals surface area contributed by atoms with Crippen LogP contribution in [0.25, 0.3) is 0 Å². The number of halogens is 2. The van der Waals surface area contributed by atoms with Crippen molar-refractivity contribution in [2.45, 2.75) is 35.9 Å². The topological polar surface area (TPSA) is 37.4 Å². The van der Waals surface area contributed by atoms with Gasteiger partial charge in [0.25, 0.3) is 0 Å². The molecule has 0 spiro atoms. The average molecular weight is 310 g/mol. The van der Waals surface area contributed by atoms with E-state index in [1.165, 1.54) is 4.31 Å². The molecule has 6 heteroatoms. The summed E-state index contributed by atoms with van der Waals surface area (Å²) in [5.41, 5.74) is 0. The minimum absolute atomic E-state index is 0.143. The molecule has 1 saturated heterocycles. The van der Waals surface area contributed by atoms with Gasteiger partial charge in [0.05, 0.1) is 0 Å². The van der Waals surface area contributed by atoms with Gasteiger partial charge in [-0.05, 0) is 19.8 Å². The monoisotopic (exact) mass is 309 g/mol. The van der Waals surface area contributed by atoms with Crippen molar-refractivity contribution in [3.8, 4) is 0 Å². The van der Waals surface area contributed by atoms with Crippen LogP contribution in [0, 0.1) is 0 Å². The summed E-state index contributed by atoms with van der Waals surface area (Å²) in [6, 6.07) is -0.185. The predicted molar refractivity (Wildman–Crippen MR) is 75.7 cm³/mol. The van der Waals surface area contributed by atoms with E-state index in [2.05, 4.69) is 0 Å². The zero-order chi connectivity index (χ0) is 13.4. The molecule has 3 atom stereocenters. The highest BCUT2D eigenvalue weighted by atomic mass is 35.5. The van der Waals surface area contributed by atoms with Gasteiger partial charge >= 0.3 is 0 Å². The quantitative estimate of drug-likeness (QED) is 0.751. The minimum Gasteiger partial charge on any atom is -0.211 e. The zero-order valence-electron chi connectivity index (χ0n) is 10.2. The summed E-state index contributed by atoms with van der Waals surface area (Å²) in [6.45, 7) is 2.10. The Bertz CT molecular complexity index is 474. The van der Waals surface area contributed by atoms with Crippen LogP contribution < -0.4 is 0 Å². The number of nitrogens with zero attached hydrogens (tertiary/aromatic N) is 1. The largest absolute Gasteiger partial charge is 0.223 e. The molecule has 0 amide bonds. The zero-order valence-corrected chi connectivity index (χ0v) is 12.5. The average Bonchev–Trinajstić information content (AvgIpc) is 2.72. The Kier molecular flexibility index (Phi) is 4.12. The fourth-order valence-electron chi connectivity index (χ4n) is 2.43. The second kappa shape index (κ2) is 5.16. The fraction of sp³-hybridized carbons (Fsp3) is 0.667. The van der Waals surface area contributed by atoms with E-state index < -0.39 is 14.8 Å². The van der Waals surface area contributed by atoms with Crippen LogP contribution in [0.2, 0.25) is 0 Å². The van der Waals surface area contributed by atoms with Crippen LogP contribution in [0.4, 0.5) is 0 Å². The van der Waals surface area contributed by atoms with Gasteiger partial charge in [0, 0.05) is 23.8 Å². The van der Waals surface area contributed by atoms with Crippen molar-refractivity contribution in [3.05, 3.63) is 24.3 Å². The highest BCUT2D eigenvalue weighted by Crippen LogP contribution is 2.35. The van der Waals surface area contributed by atoms with Gasteiger partial charge in [-0.1, -0.05) is 24.3 Å². The number of sulfonamides is 1. The van der Waals surface area contributed by atoms with Crippen LogP contribution in [0.5, 0.6) is 0 Å². The van der Waals surface area contributed by atoms with Gasteiger partial charge in [0.15, 0.2) is 0 Å². The smallest absolute Gasteiger partial charge is 0.211 e. The molecule has 0 bridgehead atoms. The molecule has 3 nitrogen and oxygen atoms in total. The normalized spacial score (nSPS) is 37.3. The Hall–Kier alpha value is -0.0300. The Morgan fingerprint density at radius 1 is 1.44 bits per heavy atom. The van der Waals surface area contributed by atoms with E-state index in [1.54, 1.807) is 19.1 Å². The van der Waals surface area contributed by atoms with Gasteiger partial charge in [0.2, 0.25) is 10.0 Å². The van der Waals surface area contributed by atoms with Gasteiger partial charge in [-0.2, -0.15) is 4.31 Å². The molecule has 18 heavy (non-hydrogen) atoms. The SMILES string of the molecule is CC1(S(=O)(=O)N2C[C@@H](Cl)C[C@@H]2CCl)C=CC=CC1. The van der Waals surface area contributed by atoms with Gasteiger partial charge < -0.3 is 0 Å². The molecule has 102 valence electrons. The molecule has 1 aliphatic heterocycles. The summed E-state index contributed by atoms with van der Waals surface area (Å²) >= 11 is 11.9. The van der Waals surface area contributed by atoms with Crippen LogP contribution in [-0.4, -0.2) is 41.3 Å². The first-order valence-corrected chi connectivity index (χ1v) is 8.37. The van der Waals surface area contributed by atoms with Crippen molar-refractivity contribution in [2.75, 3.05) is 12.4 Å². The molecule has 0 aromatic carbocycles. The minimum atomic E-state index is -3.43. The molecule has 1 heterocycles. The molecule has 1 unspecified atom stereocenters. The summed E-state index contributed by atoms with van der Waals surface area (Å²) in [7, 11) is -3.43. The Morgan fingerprint density at radius 3 is 2.72 bits per heavy atom. The molecule has 0 N–H and O–H groups in total. The third-order valence-electron chi connectivity index (χ3n) is 3.61. The van der Waals surface area contributed by atoms with E-state index in [0.29, 0.717) is 19.4 Å². The van der Waals surface area contributed by atoms with E-state index in [9.17, 15) is 8.42 Å². The van der Waals surface area contributed by atoms with Crippen molar-refractivity contribution in [3.63, 3.8) is 0 Å². The number of hydrogen-bond donors (Lipinski definition) is 0. The third-order valence-corrected chi connectivity index (χ3v) is 6.83. The van der Waals surface area contributed by atoms with E-state index in [1.807, 2.05) is 12.2 Å². The highest BCUT2D eigenvalue weighted by Gasteiger charge is 2.47. The summed E-state index contributed by atoms with van der Waals surface area (Å²) < 4.78 is 26.1. The Labute approximate surface area is 118 Å². The van der Waals surface area contributed by atoms with Crippen LogP contribution in [0.1, 0.15) is 19.8 Å². The Balaban J connectivity index is 2.31. The fourth-order valence-corrected chi connectivity index (χ4v) is 5.27. The van der Waals surface area contributed by atoms with Crippen LogP contribution in [0.3, 0.4) is 0 Å². The van der Waals surface area contributed by atoms with Crippen molar-refractivity contribution in [2.24, 2.45) is 0 Å². The van der Waals surface area contributed by atoms with Gasteiger partial charge in [-0.15, -0.1) is 23.2 Å². The van der Waals surface area contributed by atoms with E-state index in [0.717, 1.165) is 0 Å². The van der Waals surface area contributed by atoms with Crippen LogP contribution in [0.15, 0.2) is 24.3 Å². The van der Waals surface area contributed by atoms with Crippen molar-refractivity contribution >= 4 is 33.2 Å². The van der Waals surface area contributed by atoms with Crippen LogP contribution in [-0.2, 0) is 10.0 Å². The second-order valence-corrected chi connectivity index (χ2v) is 8.30. The van der Waals surface area contributed by atoms with Crippen molar-refractivity contribution < 1.29 is 8.42 Å². The lowest BCUT2D eigenvalue weighted by Gasteiger charge is -2.33. The maximum Gasteiger partial charge on any atom is 0.223 e. The van der Waals surface area contributed by atoms with Crippen LogP contribution >= 0.6 is 23.2 Å². The van der Waals surface area contributed by atoms with Gasteiger partial charge in [-0.3, -0.25) is 0 Å². The summed E-state index contributed by atoms with van der Waals surface area (Å²) in [4.78, 5) is 0. The predicted octanol–water partition coefficient (Wildman–Crippen LogP) is 2.51. The standard InChI is InChI=1S/C12H17Cl2NO2S/c1-12(5-3-2-4-6-12)18(16,17)15-9-10(14)7-11(15)8-13/h2-5,10-11H,6-9H2,1H3/t10-,11+,12?/m0/s1. The summed E-state index contributed by atoms with van der Waals surface area (Å²) in [5, 5.41) is -0.143. The molecule has 2 aliphatic rings. The first-order chi connectivity index (χ1) is 8.40. The first-order valence-electron chi connectivity index (χ1n) is 5.96. The number of allylic oxidation sites excluding steroid dienone is 3. The molecular weight excluding hydrogens is 293 g/mol. The second-order valence-electron chi connectivity index (χ2n) is 5.02. The van der Waals surface area contributed by atoms with E-state index >= 15 is 0 Å². The molecule has 1 aliphatic carbocycles. The lowest BCUT2D eigenvalue weighted by molar-refractivity contribution is 0.395. The summed E-state index contributed by atoms with van der Waals surface area (Å²) in [6.07, 6.45) is 8.39. The van der Waals surface area contributed by atoms with Gasteiger partial charge in [0.1, 0.15) is 4.75 Å². The maximum absolute atomic E-state index is 12.7. The molecule has 0 radical (unpaired) electrons. The highest BCUT2D eigenvalue weighted by molar-refractivity contribution is 7.90. The van der Waals surface area contributed by atoms with Crippen molar-refractivity contribution in [1.82, 2.24) is 4.31 Å². The third kappa shape index (κ3) is 2.36. The van der Waals surface area contributed by atoms with E-state index in [4.69, 9.17) is 23.2 Å². The molecule has 0 saturated carbocycles. The van der Waals surface area contributed by atoms with E-state index in [-0.39, 0.29) is 17.3 Å². The molecule has 0 aromatic heterocycles. The number of rotatable bonds is 3. The number of hydrogen-bond acceptors (Lipinski definition) is 2. The lowest BCUT2D eigenvalue weighted by Crippen LogP contribution is -2.48. The lowest BCUT2D eigenvalue weighted by atomic mass is 10.0. The molecular formula is C12H17Cl2NO2S. The summed E-state index contributed by atoms with van der Waals surface area (Å²) in [5.74, 6) is 0.290. The molecule has 2 rings (SSSR count). The molecule has 0 aromatic rings. The first kappa shape index (κ1) is 14.4. The van der Waals surface area contributed by atoms with Crippen molar-refractivity contribution in [1.29, 1.82) is 0 Å². The number of alkyl halides is 2. The van der Waals surface area contributed by atoms with Gasteiger partial charge in [-0.25, -0.2) is 8.42 Å². The Morgan fingerprint density at radius 2 is 2.17 bits per heavy atom.